The summed E-state index contributed by atoms with van der Waals surface area (Å²) in [5.41, 5.74) is 2.02. The number of amides is 1. The number of likely N-dealkylation sites (tertiary alicyclic amines) is 1. The molecule has 1 atom stereocenters. The van der Waals surface area contributed by atoms with Crippen molar-refractivity contribution in [2.24, 2.45) is 0 Å². The number of aliphatic hydroxyl groups is 1. The molecule has 31 heavy (non-hydrogen) atoms. The number of ketones is 1. The van der Waals surface area contributed by atoms with Gasteiger partial charge in [0.2, 0.25) is 0 Å². The second kappa shape index (κ2) is 9.75. The standard InChI is InChI=1S/C24H29N3O4/c1-5-26(6-2)12-13-27-21(17-8-7-11-25-15-17)20(23(29)24(27)30)22(28)19-10-9-18(31-4)14-16(19)3/h7-11,14-15,21,28H,5-6,12-13H2,1-4H3/b22-20+/t21-/m1/s1. The first-order valence-corrected chi connectivity index (χ1v) is 10.5. The number of ether oxygens (including phenoxy) is 1. The minimum atomic E-state index is -0.689. The van der Waals surface area contributed by atoms with Crippen LogP contribution in [0, 0.1) is 6.92 Å². The number of methoxy groups -OCH3 is 1. The van der Waals surface area contributed by atoms with Gasteiger partial charge in [0.05, 0.1) is 18.7 Å². The van der Waals surface area contributed by atoms with Gasteiger partial charge in [0, 0.05) is 31.0 Å². The zero-order valence-corrected chi connectivity index (χ0v) is 18.5. The Morgan fingerprint density at radius 3 is 2.55 bits per heavy atom. The quantitative estimate of drug-likeness (QED) is 0.399. The van der Waals surface area contributed by atoms with Crippen LogP contribution in [0.25, 0.3) is 5.76 Å². The van der Waals surface area contributed by atoms with E-state index in [1.165, 1.54) is 0 Å². The van der Waals surface area contributed by atoms with E-state index in [2.05, 4.69) is 23.7 Å². The maximum atomic E-state index is 13.1. The maximum absolute atomic E-state index is 13.1. The highest BCUT2D eigenvalue weighted by molar-refractivity contribution is 6.46. The molecular weight excluding hydrogens is 394 g/mol. The maximum Gasteiger partial charge on any atom is 0.295 e. The molecule has 1 amide bonds. The Morgan fingerprint density at radius 2 is 1.97 bits per heavy atom. The smallest absolute Gasteiger partial charge is 0.295 e. The number of aryl methyl sites for hydroxylation is 1. The topological polar surface area (TPSA) is 83.0 Å². The number of hydrogen-bond acceptors (Lipinski definition) is 6. The van der Waals surface area contributed by atoms with Gasteiger partial charge in [-0.05, 0) is 55.4 Å². The van der Waals surface area contributed by atoms with Gasteiger partial charge in [-0.3, -0.25) is 14.6 Å². The minimum absolute atomic E-state index is 0.0887. The number of aliphatic hydroxyl groups excluding tert-OH is 1. The second-order valence-electron chi connectivity index (χ2n) is 7.49. The van der Waals surface area contributed by atoms with Crippen LogP contribution in [0.3, 0.4) is 0 Å². The highest BCUT2D eigenvalue weighted by Gasteiger charge is 2.46. The molecular formula is C24H29N3O4. The molecule has 2 aromatic rings. The molecule has 0 radical (unpaired) electrons. The molecule has 164 valence electrons. The minimum Gasteiger partial charge on any atom is -0.507 e. The van der Waals surface area contributed by atoms with E-state index in [-0.39, 0.29) is 11.3 Å². The van der Waals surface area contributed by atoms with E-state index in [1.54, 1.807) is 48.7 Å². The van der Waals surface area contributed by atoms with Gasteiger partial charge in [-0.1, -0.05) is 19.9 Å². The molecule has 2 heterocycles. The summed E-state index contributed by atoms with van der Waals surface area (Å²) in [6.45, 7) is 8.66. The number of pyridine rings is 1. The van der Waals surface area contributed by atoms with Crippen molar-refractivity contribution in [3.05, 3.63) is 65.0 Å². The molecule has 0 saturated carbocycles. The Balaban J connectivity index is 2.10. The number of Topliss-reactive ketones (excluding diaryl/α,β-unsaturated/α-hetero) is 1. The van der Waals surface area contributed by atoms with Gasteiger partial charge >= 0.3 is 0 Å². The Hall–Kier alpha value is -3.19. The number of carbonyl (C=O) groups excluding carboxylic acids is 2. The Bertz CT molecular complexity index is 984. The van der Waals surface area contributed by atoms with Gasteiger partial charge in [0.1, 0.15) is 11.5 Å². The van der Waals surface area contributed by atoms with Gasteiger partial charge < -0.3 is 19.6 Å². The highest BCUT2D eigenvalue weighted by atomic mass is 16.5. The Kier molecular flexibility index (Phi) is 7.07. The van der Waals surface area contributed by atoms with Crippen LogP contribution in [-0.4, -0.2) is 64.9 Å². The van der Waals surface area contributed by atoms with Gasteiger partial charge in [0.15, 0.2) is 0 Å². The number of nitrogens with zero attached hydrogens (tertiary/aromatic N) is 3. The van der Waals surface area contributed by atoms with Crippen LogP contribution in [0.4, 0.5) is 0 Å². The normalized spacial score (nSPS) is 18.1. The van der Waals surface area contributed by atoms with Crippen LogP contribution in [0.15, 0.2) is 48.3 Å². The molecule has 0 aliphatic carbocycles. The SMILES string of the molecule is CCN(CC)CCN1C(=O)C(=O)/C(=C(/O)c2ccc(OC)cc2C)[C@H]1c1cccnc1. The van der Waals surface area contributed by atoms with Crippen LogP contribution in [0.1, 0.15) is 36.6 Å². The molecule has 1 N–H and O–H groups in total. The van der Waals surface area contributed by atoms with Crippen molar-refractivity contribution in [3.63, 3.8) is 0 Å². The third-order valence-corrected chi connectivity index (χ3v) is 5.78. The predicted octanol–water partition coefficient (Wildman–Crippen LogP) is 3.16. The zero-order chi connectivity index (χ0) is 22.5. The first kappa shape index (κ1) is 22.5. The summed E-state index contributed by atoms with van der Waals surface area (Å²) in [6, 6.07) is 8.10. The number of hydrogen-bond donors (Lipinski definition) is 1. The van der Waals surface area contributed by atoms with E-state index >= 15 is 0 Å². The summed E-state index contributed by atoms with van der Waals surface area (Å²) >= 11 is 0. The van der Waals surface area contributed by atoms with Crippen LogP contribution in [-0.2, 0) is 9.59 Å². The third-order valence-electron chi connectivity index (χ3n) is 5.78. The van der Waals surface area contributed by atoms with Crippen LogP contribution < -0.4 is 4.74 Å². The van der Waals surface area contributed by atoms with Crippen molar-refractivity contribution in [2.45, 2.75) is 26.8 Å². The lowest BCUT2D eigenvalue weighted by molar-refractivity contribution is -0.140. The fourth-order valence-corrected chi connectivity index (χ4v) is 3.96. The van der Waals surface area contributed by atoms with Gasteiger partial charge in [-0.2, -0.15) is 0 Å². The zero-order valence-electron chi connectivity index (χ0n) is 18.5. The van der Waals surface area contributed by atoms with Crippen molar-refractivity contribution in [2.75, 3.05) is 33.3 Å². The van der Waals surface area contributed by atoms with Crippen molar-refractivity contribution in [1.29, 1.82) is 0 Å². The fraction of sp³-hybridized carbons (Fsp3) is 0.375. The summed E-state index contributed by atoms with van der Waals surface area (Å²) in [5.74, 6) is -0.815. The number of benzene rings is 1. The molecule has 1 fully saturated rings. The van der Waals surface area contributed by atoms with E-state index in [0.29, 0.717) is 30.0 Å². The molecule has 1 aliphatic heterocycles. The molecule has 0 unspecified atom stereocenters. The largest absolute Gasteiger partial charge is 0.507 e. The number of likely N-dealkylation sites (N-methyl/N-ethyl adjacent to an activating group) is 1. The molecule has 1 aromatic carbocycles. The summed E-state index contributed by atoms with van der Waals surface area (Å²) < 4.78 is 5.24. The molecule has 0 spiro atoms. The van der Waals surface area contributed by atoms with Crippen molar-refractivity contribution < 1.29 is 19.4 Å². The van der Waals surface area contributed by atoms with E-state index in [1.807, 2.05) is 13.0 Å². The van der Waals surface area contributed by atoms with Crippen LogP contribution in [0.5, 0.6) is 5.75 Å². The third kappa shape index (κ3) is 4.46. The summed E-state index contributed by atoms with van der Waals surface area (Å²) in [6.07, 6.45) is 3.27. The van der Waals surface area contributed by atoms with E-state index in [4.69, 9.17) is 4.74 Å². The van der Waals surface area contributed by atoms with Crippen LogP contribution in [0.2, 0.25) is 0 Å². The highest BCUT2D eigenvalue weighted by Crippen LogP contribution is 2.39. The molecule has 1 aromatic heterocycles. The molecule has 7 heteroatoms. The first-order valence-electron chi connectivity index (χ1n) is 10.5. The molecule has 3 rings (SSSR count). The van der Waals surface area contributed by atoms with Crippen LogP contribution >= 0.6 is 0 Å². The van der Waals surface area contributed by atoms with Gasteiger partial charge in [-0.25, -0.2) is 0 Å². The Labute approximate surface area is 183 Å². The molecule has 7 nitrogen and oxygen atoms in total. The second-order valence-corrected chi connectivity index (χ2v) is 7.49. The van der Waals surface area contributed by atoms with E-state index in [0.717, 1.165) is 18.7 Å². The summed E-state index contributed by atoms with van der Waals surface area (Å²) in [7, 11) is 1.57. The number of aromatic nitrogens is 1. The fourth-order valence-electron chi connectivity index (χ4n) is 3.96. The molecule has 1 saturated heterocycles. The van der Waals surface area contributed by atoms with Gasteiger partial charge in [0.25, 0.3) is 11.7 Å². The number of carbonyl (C=O) groups is 2. The van der Waals surface area contributed by atoms with Gasteiger partial charge in [-0.15, -0.1) is 0 Å². The lowest BCUT2D eigenvalue weighted by atomic mass is 9.94. The van der Waals surface area contributed by atoms with E-state index < -0.39 is 17.7 Å². The van der Waals surface area contributed by atoms with Crippen molar-refractivity contribution in [1.82, 2.24) is 14.8 Å². The monoisotopic (exact) mass is 423 g/mol. The first-order chi connectivity index (χ1) is 14.9. The summed E-state index contributed by atoms with van der Waals surface area (Å²) in [4.78, 5) is 33.9. The average molecular weight is 424 g/mol. The Morgan fingerprint density at radius 1 is 1.23 bits per heavy atom. The number of rotatable bonds is 8. The van der Waals surface area contributed by atoms with E-state index in [9.17, 15) is 14.7 Å². The average Bonchev–Trinajstić information content (AvgIpc) is 3.04. The molecule has 0 bridgehead atoms. The lowest BCUT2D eigenvalue weighted by Gasteiger charge is -2.28. The summed E-state index contributed by atoms with van der Waals surface area (Å²) in [5, 5.41) is 11.2. The lowest BCUT2D eigenvalue weighted by Crippen LogP contribution is -2.38. The predicted molar refractivity (Wildman–Crippen MR) is 119 cm³/mol. The molecule has 1 aliphatic rings. The van der Waals surface area contributed by atoms with Crippen molar-refractivity contribution >= 4 is 17.4 Å². The van der Waals surface area contributed by atoms with Crippen molar-refractivity contribution in [3.8, 4) is 5.75 Å².